The van der Waals surface area contributed by atoms with Crippen molar-refractivity contribution in [2.45, 2.75) is 33.1 Å². The number of aryl methyl sites for hydroxylation is 3. The van der Waals surface area contributed by atoms with Crippen molar-refractivity contribution in [2.24, 2.45) is 0 Å². The van der Waals surface area contributed by atoms with Crippen LogP contribution in [0.3, 0.4) is 0 Å². The Morgan fingerprint density at radius 1 is 1.25 bits per heavy atom. The van der Waals surface area contributed by atoms with E-state index in [0.717, 1.165) is 46.6 Å². The standard InChI is InChI=1S/C22H19N3OS2/c1-13-6-8-15(9-7-13)20(26)19-17-4-3-5-18(17)28-22(19)24-11-16(10-23)21-25-14(2)12-27-21/h6-9,11-12,24H,3-5H2,1-2H3/b16-11+. The molecule has 0 saturated heterocycles. The fourth-order valence-electron chi connectivity index (χ4n) is 3.35. The first-order chi connectivity index (χ1) is 13.6. The molecule has 28 heavy (non-hydrogen) atoms. The molecule has 0 aliphatic heterocycles. The topological polar surface area (TPSA) is 65.8 Å². The lowest BCUT2D eigenvalue weighted by Crippen LogP contribution is -2.06. The quantitative estimate of drug-likeness (QED) is 0.448. The predicted octanol–water partition coefficient (Wildman–Crippen LogP) is 5.52. The molecule has 1 aromatic carbocycles. The minimum absolute atomic E-state index is 0.0406. The maximum absolute atomic E-state index is 13.3. The normalized spacial score (nSPS) is 13.2. The van der Waals surface area contributed by atoms with Gasteiger partial charge in [-0.15, -0.1) is 22.7 Å². The van der Waals surface area contributed by atoms with Crippen molar-refractivity contribution in [1.82, 2.24) is 4.98 Å². The molecule has 2 heterocycles. The maximum atomic E-state index is 13.3. The fourth-order valence-corrected chi connectivity index (χ4v) is 5.37. The smallest absolute Gasteiger partial charge is 0.196 e. The summed E-state index contributed by atoms with van der Waals surface area (Å²) in [6.07, 6.45) is 4.70. The Morgan fingerprint density at radius 3 is 2.71 bits per heavy atom. The molecule has 0 unspecified atom stereocenters. The minimum Gasteiger partial charge on any atom is -0.351 e. The molecule has 1 aliphatic carbocycles. The maximum Gasteiger partial charge on any atom is 0.196 e. The van der Waals surface area contributed by atoms with E-state index in [0.29, 0.717) is 16.1 Å². The first-order valence-electron chi connectivity index (χ1n) is 9.12. The molecule has 1 aliphatic rings. The van der Waals surface area contributed by atoms with Crippen LogP contribution in [0.1, 0.15) is 49.0 Å². The van der Waals surface area contributed by atoms with Crippen LogP contribution in [0.5, 0.6) is 0 Å². The zero-order chi connectivity index (χ0) is 19.7. The highest BCUT2D eigenvalue weighted by Gasteiger charge is 2.27. The molecular formula is C22H19N3OS2. The SMILES string of the molecule is Cc1ccc(C(=O)c2c(N/C=C(\C#N)c3nc(C)cs3)sc3c2CCC3)cc1. The van der Waals surface area contributed by atoms with Gasteiger partial charge in [-0.05, 0) is 38.7 Å². The third kappa shape index (κ3) is 3.51. The van der Waals surface area contributed by atoms with E-state index in [-0.39, 0.29) is 5.78 Å². The average Bonchev–Trinajstić information content (AvgIpc) is 3.38. The number of aromatic nitrogens is 1. The number of carbonyl (C=O) groups is 1. The molecule has 3 aromatic rings. The van der Waals surface area contributed by atoms with Crippen LogP contribution < -0.4 is 5.32 Å². The second kappa shape index (κ2) is 7.70. The van der Waals surface area contributed by atoms with E-state index in [1.807, 2.05) is 43.5 Å². The van der Waals surface area contributed by atoms with Crippen LogP contribution in [0.4, 0.5) is 5.00 Å². The van der Waals surface area contributed by atoms with E-state index < -0.39 is 0 Å². The summed E-state index contributed by atoms with van der Waals surface area (Å²) < 4.78 is 0. The molecule has 6 heteroatoms. The highest BCUT2D eigenvalue weighted by atomic mass is 32.1. The van der Waals surface area contributed by atoms with Crippen molar-refractivity contribution in [3.05, 3.63) is 73.7 Å². The summed E-state index contributed by atoms with van der Waals surface area (Å²) in [6, 6.07) is 9.90. The number of benzene rings is 1. The second-order valence-electron chi connectivity index (χ2n) is 6.86. The van der Waals surface area contributed by atoms with Gasteiger partial charge < -0.3 is 5.32 Å². The number of allylic oxidation sites excluding steroid dienone is 1. The van der Waals surface area contributed by atoms with Gasteiger partial charge in [-0.3, -0.25) is 4.79 Å². The number of nitriles is 1. The second-order valence-corrected chi connectivity index (χ2v) is 8.83. The van der Waals surface area contributed by atoms with Crippen LogP contribution in [0.2, 0.25) is 0 Å². The van der Waals surface area contributed by atoms with Gasteiger partial charge in [0.15, 0.2) is 5.78 Å². The van der Waals surface area contributed by atoms with Gasteiger partial charge in [0.25, 0.3) is 0 Å². The summed E-state index contributed by atoms with van der Waals surface area (Å²) in [7, 11) is 0. The molecule has 2 aromatic heterocycles. The Labute approximate surface area is 172 Å². The first kappa shape index (κ1) is 18.6. The summed E-state index contributed by atoms with van der Waals surface area (Å²) in [6.45, 7) is 3.92. The number of thiazole rings is 1. The summed E-state index contributed by atoms with van der Waals surface area (Å²) in [5, 5.41) is 16.2. The fraction of sp³-hybridized carbons (Fsp3) is 0.227. The Balaban J connectivity index is 1.70. The van der Waals surface area contributed by atoms with Crippen molar-refractivity contribution in [2.75, 3.05) is 5.32 Å². The van der Waals surface area contributed by atoms with Crippen molar-refractivity contribution >= 4 is 39.0 Å². The van der Waals surface area contributed by atoms with Crippen molar-refractivity contribution < 1.29 is 4.79 Å². The van der Waals surface area contributed by atoms with E-state index in [1.165, 1.54) is 16.2 Å². The Kier molecular flexibility index (Phi) is 5.12. The third-order valence-corrected chi connectivity index (χ3v) is 7.00. The van der Waals surface area contributed by atoms with E-state index in [4.69, 9.17) is 0 Å². The van der Waals surface area contributed by atoms with E-state index in [2.05, 4.69) is 16.4 Å². The zero-order valence-electron chi connectivity index (χ0n) is 15.7. The van der Waals surface area contributed by atoms with Gasteiger partial charge in [0.2, 0.25) is 0 Å². The number of fused-ring (bicyclic) bond motifs is 1. The molecule has 0 bridgehead atoms. The highest BCUT2D eigenvalue weighted by Crippen LogP contribution is 2.40. The van der Waals surface area contributed by atoms with Gasteiger partial charge in [0.1, 0.15) is 21.7 Å². The van der Waals surface area contributed by atoms with Gasteiger partial charge in [0.05, 0.1) is 5.56 Å². The van der Waals surface area contributed by atoms with Crippen LogP contribution in [-0.2, 0) is 12.8 Å². The summed E-state index contributed by atoms with van der Waals surface area (Å²) in [5.74, 6) is 0.0406. The monoisotopic (exact) mass is 405 g/mol. The largest absolute Gasteiger partial charge is 0.351 e. The summed E-state index contributed by atoms with van der Waals surface area (Å²) in [4.78, 5) is 18.9. The molecule has 4 nitrogen and oxygen atoms in total. The van der Waals surface area contributed by atoms with Gasteiger partial charge in [-0.25, -0.2) is 4.98 Å². The highest BCUT2D eigenvalue weighted by molar-refractivity contribution is 7.16. The number of nitrogens with one attached hydrogen (secondary N) is 1. The van der Waals surface area contributed by atoms with E-state index in [1.54, 1.807) is 17.5 Å². The Hall–Kier alpha value is -2.75. The van der Waals surface area contributed by atoms with Crippen molar-refractivity contribution in [3.63, 3.8) is 0 Å². The number of ketones is 1. The Bertz CT molecular complexity index is 1110. The molecule has 0 fully saturated rings. The average molecular weight is 406 g/mol. The number of hydrogen-bond acceptors (Lipinski definition) is 6. The molecule has 0 spiro atoms. The zero-order valence-corrected chi connectivity index (χ0v) is 17.3. The number of carbonyl (C=O) groups excluding carboxylic acids is 1. The van der Waals surface area contributed by atoms with Crippen LogP contribution in [0, 0.1) is 25.2 Å². The van der Waals surface area contributed by atoms with Crippen LogP contribution in [-0.4, -0.2) is 10.8 Å². The summed E-state index contributed by atoms with van der Waals surface area (Å²) in [5.41, 5.74) is 5.11. The first-order valence-corrected chi connectivity index (χ1v) is 10.8. The molecule has 0 amide bonds. The number of nitrogens with zero attached hydrogens (tertiary/aromatic N) is 2. The molecule has 4 rings (SSSR count). The molecule has 0 atom stereocenters. The van der Waals surface area contributed by atoms with Crippen LogP contribution in [0.25, 0.3) is 5.57 Å². The Morgan fingerprint density at radius 2 is 2.04 bits per heavy atom. The number of thiophene rings is 1. The number of rotatable bonds is 5. The minimum atomic E-state index is 0.0406. The summed E-state index contributed by atoms with van der Waals surface area (Å²) >= 11 is 3.07. The molecule has 140 valence electrons. The van der Waals surface area contributed by atoms with Crippen molar-refractivity contribution in [1.29, 1.82) is 5.26 Å². The van der Waals surface area contributed by atoms with E-state index >= 15 is 0 Å². The van der Waals surface area contributed by atoms with Gasteiger partial charge in [-0.1, -0.05) is 29.8 Å². The lowest BCUT2D eigenvalue weighted by atomic mass is 9.99. The molecule has 0 saturated carbocycles. The molecule has 0 radical (unpaired) electrons. The predicted molar refractivity (Wildman–Crippen MR) is 115 cm³/mol. The van der Waals surface area contributed by atoms with Gasteiger partial charge >= 0.3 is 0 Å². The number of hydrogen-bond donors (Lipinski definition) is 1. The van der Waals surface area contributed by atoms with E-state index in [9.17, 15) is 10.1 Å². The van der Waals surface area contributed by atoms with Gasteiger partial charge in [-0.2, -0.15) is 5.26 Å². The lowest BCUT2D eigenvalue weighted by Gasteiger charge is -2.07. The van der Waals surface area contributed by atoms with Crippen LogP contribution in [0.15, 0.2) is 35.8 Å². The lowest BCUT2D eigenvalue weighted by molar-refractivity contribution is 0.103. The van der Waals surface area contributed by atoms with Crippen molar-refractivity contribution in [3.8, 4) is 6.07 Å². The third-order valence-electron chi connectivity index (χ3n) is 4.78. The van der Waals surface area contributed by atoms with Crippen LogP contribution >= 0.6 is 22.7 Å². The molecular weight excluding hydrogens is 386 g/mol. The molecule has 1 N–H and O–H groups in total. The number of anilines is 1. The van der Waals surface area contributed by atoms with Gasteiger partial charge in [0, 0.05) is 27.7 Å².